The number of pyridine rings is 2. The molecule has 0 saturated heterocycles. The highest BCUT2D eigenvalue weighted by molar-refractivity contribution is 6.03. The molecule has 1 N–H and O–H groups in total. The summed E-state index contributed by atoms with van der Waals surface area (Å²) in [6.07, 6.45) is -10.3. The van der Waals surface area contributed by atoms with E-state index in [1.807, 2.05) is 0 Å². The summed E-state index contributed by atoms with van der Waals surface area (Å²) in [5.41, 5.74) is -2.05. The molecular weight excluding hydrogens is 420 g/mol. The molecule has 7 nitrogen and oxygen atoms in total. The van der Waals surface area contributed by atoms with Gasteiger partial charge >= 0.3 is 18.4 Å². The van der Waals surface area contributed by atoms with Gasteiger partial charge in [-0.25, -0.2) is 4.79 Å². The van der Waals surface area contributed by atoms with Crippen LogP contribution in [0.25, 0.3) is 0 Å². The Bertz CT molecular complexity index is 1030. The number of nitrogens with zero attached hydrogens (tertiary/aromatic N) is 4. The number of nitriles is 1. The molecule has 1 atom stereocenters. The average Bonchev–Trinajstić information content (AvgIpc) is 2.65. The number of rotatable bonds is 1. The third-order valence-corrected chi connectivity index (χ3v) is 4.12. The number of nitrogens with one attached hydrogen (secondary N) is 1. The van der Waals surface area contributed by atoms with Gasteiger partial charge in [0.1, 0.15) is 23.0 Å². The predicted molar refractivity (Wildman–Crippen MR) is 89.8 cm³/mol. The van der Waals surface area contributed by atoms with E-state index in [-0.39, 0.29) is 22.6 Å². The lowest BCUT2D eigenvalue weighted by molar-refractivity contribution is -0.193. The Kier molecular flexibility index (Phi) is 5.19. The van der Waals surface area contributed by atoms with Crippen LogP contribution in [0.4, 0.5) is 42.5 Å². The van der Waals surface area contributed by atoms with Crippen molar-refractivity contribution in [1.29, 1.82) is 5.26 Å². The number of hydrogen-bond donors (Lipinski definition) is 1. The maximum Gasteiger partial charge on any atom is 0.433 e. The molecule has 0 spiro atoms. The minimum Gasteiger partial charge on any atom is -0.475 e. The predicted octanol–water partition coefficient (Wildman–Crippen LogP) is 4.04. The average molecular weight is 431 g/mol. The summed E-state index contributed by atoms with van der Waals surface area (Å²) in [7, 11) is 0. The lowest BCUT2D eigenvalue weighted by atomic mass is 10.1. The summed E-state index contributed by atoms with van der Waals surface area (Å²) in [5, 5.41) is 11.3. The highest BCUT2D eigenvalue weighted by atomic mass is 19.4. The van der Waals surface area contributed by atoms with Gasteiger partial charge in [0.05, 0.1) is 18.4 Å². The molecule has 0 aromatic carbocycles. The minimum atomic E-state index is -4.87. The molecule has 2 aromatic heterocycles. The number of amides is 2. The van der Waals surface area contributed by atoms with E-state index in [2.05, 4.69) is 15.3 Å². The molecule has 3 rings (SSSR count). The number of alkyl halides is 6. The monoisotopic (exact) mass is 431 g/mol. The quantitative estimate of drug-likeness (QED) is 0.689. The van der Waals surface area contributed by atoms with Crippen LogP contribution in [0.5, 0.6) is 5.75 Å². The topological polar surface area (TPSA) is 91.1 Å². The lowest BCUT2D eigenvalue weighted by Crippen LogP contribution is -2.51. The van der Waals surface area contributed by atoms with Crippen LogP contribution < -0.4 is 15.0 Å². The molecule has 1 aliphatic rings. The van der Waals surface area contributed by atoms with E-state index in [1.54, 1.807) is 6.07 Å². The van der Waals surface area contributed by atoms with Crippen LogP contribution >= 0.6 is 0 Å². The van der Waals surface area contributed by atoms with Crippen LogP contribution in [0.1, 0.15) is 17.0 Å². The summed E-state index contributed by atoms with van der Waals surface area (Å²) >= 11 is 0. The molecule has 0 bridgehead atoms. The molecule has 0 aliphatic carbocycles. The normalized spacial score (nSPS) is 16.3. The fourth-order valence-electron chi connectivity index (χ4n) is 2.68. The van der Waals surface area contributed by atoms with Crippen LogP contribution in [-0.2, 0) is 6.18 Å². The van der Waals surface area contributed by atoms with Crippen molar-refractivity contribution in [2.75, 3.05) is 16.8 Å². The zero-order valence-corrected chi connectivity index (χ0v) is 15.0. The SMILES string of the molecule is Cc1ncc2c(c1C#N)OC(C(F)(F)F)CN2C(=O)Nc1ccnc(C(F)(F)F)c1. The number of halogens is 6. The number of aromatic nitrogens is 2. The van der Waals surface area contributed by atoms with Gasteiger partial charge in [0.2, 0.25) is 6.10 Å². The van der Waals surface area contributed by atoms with Crippen molar-refractivity contribution in [1.82, 2.24) is 9.97 Å². The van der Waals surface area contributed by atoms with Crippen molar-refractivity contribution >= 4 is 17.4 Å². The fourth-order valence-corrected chi connectivity index (χ4v) is 2.68. The number of urea groups is 1. The fraction of sp³-hybridized carbons (Fsp3) is 0.294. The first kappa shape index (κ1) is 21.2. The van der Waals surface area contributed by atoms with Crippen LogP contribution in [0.3, 0.4) is 0 Å². The number of carbonyl (C=O) groups is 1. The van der Waals surface area contributed by atoms with Gasteiger partial charge in [-0.05, 0) is 19.1 Å². The Labute approximate surface area is 164 Å². The highest BCUT2D eigenvalue weighted by Gasteiger charge is 2.48. The summed E-state index contributed by atoms with van der Waals surface area (Å²) in [4.78, 5) is 20.2. The Morgan fingerprint density at radius 2 is 2.00 bits per heavy atom. The maximum atomic E-state index is 13.3. The van der Waals surface area contributed by atoms with Gasteiger partial charge in [0.25, 0.3) is 0 Å². The van der Waals surface area contributed by atoms with Gasteiger partial charge in [-0.15, -0.1) is 0 Å². The van der Waals surface area contributed by atoms with Gasteiger partial charge < -0.3 is 10.1 Å². The first-order valence-electron chi connectivity index (χ1n) is 8.16. The van der Waals surface area contributed by atoms with Crippen LogP contribution in [0, 0.1) is 18.3 Å². The van der Waals surface area contributed by atoms with Crippen molar-refractivity contribution in [3.8, 4) is 11.8 Å². The molecule has 2 amide bonds. The van der Waals surface area contributed by atoms with E-state index in [0.717, 1.165) is 18.5 Å². The molecular formula is C17H11F6N5O2. The maximum absolute atomic E-state index is 13.3. The number of fused-ring (bicyclic) bond motifs is 1. The summed E-state index contributed by atoms with van der Waals surface area (Å²) in [6, 6.07) is 2.10. The second kappa shape index (κ2) is 7.36. The Morgan fingerprint density at radius 1 is 1.30 bits per heavy atom. The van der Waals surface area contributed by atoms with Crippen molar-refractivity contribution in [2.45, 2.75) is 25.4 Å². The van der Waals surface area contributed by atoms with Crippen molar-refractivity contribution in [3.05, 3.63) is 41.5 Å². The second-order valence-corrected chi connectivity index (χ2v) is 6.16. The molecule has 2 aromatic rings. The number of anilines is 2. The lowest BCUT2D eigenvalue weighted by Gasteiger charge is -2.35. The number of hydrogen-bond acceptors (Lipinski definition) is 5. The molecule has 30 heavy (non-hydrogen) atoms. The van der Waals surface area contributed by atoms with Crippen molar-refractivity contribution in [3.63, 3.8) is 0 Å². The smallest absolute Gasteiger partial charge is 0.433 e. The van der Waals surface area contributed by atoms with Gasteiger partial charge in [-0.1, -0.05) is 0 Å². The molecule has 158 valence electrons. The van der Waals surface area contributed by atoms with Crippen LogP contribution in [0.15, 0.2) is 24.5 Å². The molecule has 0 radical (unpaired) electrons. The molecule has 3 heterocycles. The first-order chi connectivity index (χ1) is 13.9. The van der Waals surface area contributed by atoms with Gasteiger partial charge in [-0.2, -0.15) is 31.6 Å². The van der Waals surface area contributed by atoms with E-state index >= 15 is 0 Å². The van der Waals surface area contributed by atoms with Gasteiger partial charge in [0, 0.05) is 11.9 Å². The molecule has 13 heteroatoms. The van der Waals surface area contributed by atoms with E-state index in [4.69, 9.17) is 4.74 Å². The second-order valence-electron chi connectivity index (χ2n) is 6.16. The molecule has 1 unspecified atom stereocenters. The van der Waals surface area contributed by atoms with Crippen molar-refractivity contribution < 1.29 is 35.9 Å². The Morgan fingerprint density at radius 3 is 2.60 bits per heavy atom. The first-order valence-corrected chi connectivity index (χ1v) is 8.16. The Hall–Kier alpha value is -3.56. The standard InChI is InChI=1S/C17H11F6N5O2/c1-8-10(5-24)14-11(6-26-8)28(7-13(30-14)17(21,22)23)15(29)27-9-2-3-25-12(4-9)16(18,19)20/h2-4,6,13H,7H2,1H3,(H,25,27,29). The molecule has 0 fully saturated rings. The van der Waals surface area contributed by atoms with E-state index in [9.17, 15) is 36.4 Å². The van der Waals surface area contributed by atoms with E-state index in [0.29, 0.717) is 11.0 Å². The number of ether oxygens (including phenoxy) is 1. The Balaban J connectivity index is 1.99. The third kappa shape index (κ3) is 4.07. The van der Waals surface area contributed by atoms with E-state index in [1.165, 1.54) is 6.92 Å². The van der Waals surface area contributed by atoms with Gasteiger partial charge in [0.15, 0.2) is 5.75 Å². The summed E-state index contributed by atoms with van der Waals surface area (Å²) in [6.45, 7) is 0.384. The largest absolute Gasteiger partial charge is 0.475 e. The highest BCUT2D eigenvalue weighted by Crippen LogP contribution is 2.40. The van der Waals surface area contributed by atoms with E-state index < -0.39 is 42.5 Å². The minimum absolute atomic E-state index is 0.0865. The zero-order chi connectivity index (χ0) is 22.3. The van der Waals surface area contributed by atoms with Crippen molar-refractivity contribution in [2.24, 2.45) is 0 Å². The number of aryl methyl sites for hydroxylation is 1. The van der Waals surface area contributed by atoms with Crippen LogP contribution in [-0.4, -0.2) is 34.8 Å². The van der Waals surface area contributed by atoms with Crippen LogP contribution in [0.2, 0.25) is 0 Å². The van der Waals surface area contributed by atoms with Gasteiger partial charge in [-0.3, -0.25) is 14.9 Å². The third-order valence-electron chi connectivity index (χ3n) is 4.12. The zero-order valence-electron chi connectivity index (χ0n) is 15.0. The molecule has 0 saturated carbocycles. The summed E-state index contributed by atoms with van der Waals surface area (Å²) in [5.74, 6) is -0.487. The summed E-state index contributed by atoms with van der Waals surface area (Å²) < 4.78 is 83.2. The number of carbonyl (C=O) groups excluding carboxylic acids is 1. The molecule has 1 aliphatic heterocycles.